The quantitative estimate of drug-likeness (QED) is 0.0971. The smallest absolute Gasteiger partial charge is 0.361 e. The van der Waals surface area contributed by atoms with Crippen molar-refractivity contribution >= 4 is 46.9 Å². The molecule has 6 heterocycles. The number of anilines is 3. The van der Waals surface area contributed by atoms with E-state index in [-0.39, 0.29) is 42.3 Å². The van der Waals surface area contributed by atoms with E-state index in [9.17, 15) is 28.4 Å². The molecule has 5 fully saturated rings. The van der Waals surface area contributed by atoms with Gasteiger partial charge in [0.15, 0.2) is 11.5 Å². The number of nitrogens with one attached hydrogen (secondary N) is 2. The van der Waals surface area contributed by atoms with Gasteiger partial charge in [-0.15, -0.1) is 0 Å². The highest BCUT2D eigenvalue weighted by atomic mass is 19.1. The number of rotatable bonds is 14. The zero-order valence-electron chi connectivity index (χ0n) is 41.1. The Morgan fingerprint density at radius 1 is 0.890 bits per heavy atom. The number of amides is 5. The highest BCUT2D eigenvalue weighted by Gasteiger charge is 2.48. The number of likely N-dealkylation sites (tertiary alicyclic amines) is 3. The Bertz CT molecular complexity index is 2810. The normalized spacial score (nSPS) is 19.5. The monoisotopic (exact) mass is 995 g/mol. The topological polar surface area (TPSA) is 210 Å². The first-order valence-electron chi connectivity index (χ1n) is 25.5. The molecular formula is C54H62FN11O7. The van der Waals surface area contributed by atoms with E-state index in [1.807, 2.05) is 15.8 Å². The number of nitrogen functional groups attached to an aromatic ring is 1. The third-order valence-corrected chi connectivity index (χ3v) is 15.7. The van der Waals surface area contributed by atoms with Gasteiger partial charge in [-0.1, -0.05) is 30.3 Å². The number of imide groups is 1. The van der Waals surface area contributed by atoms with Crippen LogP contribution in [0.1, 0.15) is 103 Å². The highest BCUT2D eigenvalue weighted by Crippen LogP contribution is 2.51. The van der Waals surface area contributed by atoms with E-state index in [2.05, 4.69) is 35.5 Å². The van der Waals surface area contributed by atoms with Gasteiger partial charge in [0.2, 0.25) is 12.0 Å². The standard InChI is InChI=1S/C54H62FN11O7/c1-72-45-12-7-37(29-44(45)65-26-18-46(67)61-53(65)71)51(69)64-27-19-54(20-28-64)30-42(31-54)63-24-14-35(15-25-63)13-21-62-22-16-41(17-23-62)66-34-38(32-58-66)43-33-57-49(56)47(60-43)52(70)73-48(36-5-3-2-4-6-36)50(68)59-40-10-8-39(55)9-11-40/h2-12,29,32-35,41-42,48H,13-28,30-31H2,1H3,(H2,56,57)(H,59,68)(H,61,67,71)/t48-/m1/s1. The van der Waals surface area contributed by atoms with E-state index >= 15 is 0 Å². The molecule has 4 saturated heterocycles. The molecule has 4 aliphatic heterocycles. The first-order valence-corrected chi connectivity index (χ1v) is 25.5. The zero-order chi connectivity index (χ0) is 50.6. The molecule has 0 radical (unpaired) electrons. The summed E-state index contributed by atoms with van der Waals surface area (Å²) in [5.74, 6) is -1.30. The number of hydrogen-bond donors (Lipinski definition) is 3. The third-order valence-electron chi connectivity index (χ3n) is 15.7. The Labute approximate surface area is 423 Å². The lowest BCUT2D eigenvalue weighted by Crippen LogP contribution is -2.56. The summed E-state index contributed by atoms with van der Waals surface area (Å²) >= 11 is 0. The number of aromatic nitrogens is 4. The first-order chi connectivity index (χ1) is 35.4. The van der Waals surface area contributed by atoms with Crippen LogP contribution in [-0.2, 0) is 14.3 Å². The van der Waals surface area contributed by atoms with Crippen LogP contribution in [0.5, 0.6) is 5.75 Å². The van der Waals surface area contributed by atoms with Gasteiger partial charge < -0.3 is 35.2 Å². The van der Waals surface area contributed by atoms with E-state index in [1.165, 1.54) is 74.6 Å². The summed E-state index contributed by atoms with van der Waals surface area (Å²) in [6, 6.07) is 19.3. The van der Waals surface area contributed by atoms with Crippen LogP contribution < -0.4 is 26.0 Å². The minimum Gasteiger partial charge on any atom is -0.495 e. The Kier molecular flexibility index (Phi) is 14.5. The lowest BCUT2D eigenvalue weighted by molar-refractivity contribution is -0.125. The number of carbonyl (C=O) groups is 5. The second-order valence-corrected chi connectivity index (χ2v) is 20.2. The second-order valence-electron chi connectivity index (χ2n) is 20.2. The highest BCUT2D eigenvalue weighted by molar-refractivity contribution is 6.07. The van der Waals surface area contributed by atoms with Crippen LogP contribution in [0.25, 0.3) is 11.3 Å². The van der Waals surface area contributed by atoms with E-state index in [4.69, 9.17) is 15.2 Å². The fraction of sp³-hybridized carbons (Fsp3) is 0.444. The van der Waals surface area contributed by atoms with Gasteiger partial charge in [-0.2, -0.15) is 5.10 Å². The van der Waals surface area contributed by atoms with Gasteiger partial charge in [0.1, 0.15) is 11.6 Å². The predicted octanol–water partition coefficient (Wildman–Crippen LogP) is 6.88. The molecule has 2 aromatic heterocycles. The molecule has 1 saturated carbocycles. The maximum absolute atomic E-state index is 13.7. The number of piperidine rings is 3. The van der Waals surface area contributed by atoms with Crippen LogP contribution >= 0.6 is 0 Å². The molecule has 3 aromatic carbocycles. The maximum Gasteiger partial charge on any atom is 0.361 e. The van der Waals surface area contributed by atoms with Crippen molar-refractivity contribution in [2.75, 3.05) is 75.4 Å². The van der Waals surface area contributed by atoms with Crippen LogP contribution in [0.2, 0.25) is 0 Å². The van der Waals surface area contributed by atoms with Crippen molar-refractivity contribution in [3.05, 3.63) is 114 Å². The lowest BCUT2D eigenvalue weighted by atomic mass is 9.59. The fourth-order valence-corrected chi connectivity index (χ4v) is 11.3. The van der Waals surface area contributed by atoms with Gasteiger partial charge >= 0.3 is 12.0 Å². The van der Waals surface area contributed by atoms with Crippen LogP contribution in [0.4, 0.5) is 26.4 Å². The molecule has 73 heavy (non-hydrogen) atoms. The summed E-state index contributed by atoms with van der Waals surface area (Å²) in [6.07, 6.45) is 13.9. The van der Waals surface area contributed by atoms with Crippen LogP contribution in [0, 0.1) is 17.2 Å². The molecule has 5 aromatic rings. The van der Waals surface area contributed by atoms with Crippen molar-refractivity contribution in [1.29, 1.82) is 0 Å². The van der Waals surface area contributed by atoms with Gasteiger partial charge in [0, 0.05) is 73.8 Å². The van der Waals surface area contributed by atoms with Crippen molar-refractivity contribution in [2.45, 2.75) is 82.4 Å². The Balaban J connectivity index is 0.649. The third kappa shape index (κ3) is 11.1. The van der Waals surface area contributed by atoms with Crippen LogP contribution in [0.3, 0.4) is 0 Å². The minimum absolute atomic E-state index is 0.0439. The van der Waals surface area contributed by atoms with Gasteiger partial charge in [0.25, 0.3) is 11.8 Å². The summed E-state index contributed by atoms with van der Waals surface area (Å²) in [6.45, 7) is 7.03. The number of urea groups is 1. The van der Waals surface area contributed by atoms with E-state index in [1.54, 1.807) is 54.7 Å². The molecule has 1 atom stereocenters. The Morgan fingerprint density at radius 3 is 2.34 bits per heavy atom. The largest absolute Gasteiger partial charge is 0.495 e. The number of nitrogens with zero attached hydrogens (tertiary/aromatic N) is 8. The summed E-state index contributed by atoms with van der Waals surface area (Å²) in [4.78, 5) is 82.5. The number of methoxy groups -OCH3 is 1. The SMILES string of the molecule is COc1ccc(C(=O)N2CCC3(CC2)CC(N2CCC(CCN4CCC(n5cc(-c6cnc(N)c(C(=O)O[C@@H](C(=O)Nc7ccc(F)cc7)c7ccccc7)n6)cn5)CC4)CC2)C3)cc1N1CCC(=O)NC1=O. The van der Waals surface area contributed by atoms with Crippen molar-refractivity contribution in [2.24, 2.45) is 11.3 Å². The predicted molar refractivity (Wildman–Crippen MR) is 270 cm³/mol. The molecule has 1 aliphatic carbocycles. The van der Waals surface area contributed by atoms with Gasteiger partial charge in [-0.25, -0.2) is 23.9 Å². The molecule has 0 unspecified atom stereocenters. The molecule has 5 aliphatic rings. The number of esters is 1. The Hall–Kier alpha value is -7.25. The van der Waals surface area contributed by atoms with E-state index < -0.39 is 29.8 Å². The summed E-state index contributed by atoms with van der Waals surface area (Å²) in [7, 11) is 1.53. The number of halogens is 1. The molecule has 4 N–H and O–H groups in total. The molecule has 10 rings (SSSR count). The average Bonchev–Trinajstić information content (AvgIpc) is 3.90. The molecule has 1 spiro atoms. The van der Waals surface area contributed by atoms with Gasteiger partial charge in [0.05, 0.1) is 36.9 Å². The molecule has 18 nitrogen and oxygen atoms in total. The first kappa shape index (κ1) is 49.3. The zero-order valence-corrected chi connectivity index (χ0v) is 41.1. The number of nitrogens with two attached hydrogens (primary N) is 1. The van der Waals surface area contributed by atoms with Crippen LogP contribution in [0.15, 0.2) is 91.4 Å². The number of ether oxygens (including phenoxy) is 2. The van der Waals surface area contributed by atoms with Crippen molar-refractivity contribution < 1.29 is 37.8 Å². The second kappa shape index (κ2) is 21.5. The Morgan fingerprint density at radius 2 is 1.63 bits per heavy atom. The molecule has 19 heteroatoms. The van der Waals surface area contributed by atoms with Crippen LogP contribution in [-0.4, -0.2) is 130 Å². The lowest BCUT2D eigenvalue weighted by Gasteiger charge is -2.56. The fourth-order valence-electron chi connectivity index (χ4n) is 11.3. The van der Waals surface area contributed by atoms with E-state index in [0.717, 1.165) is 77.4 Å². The molecular weight excluding hydrogens is 934 g/mol. The summed E-state index contributed by atoms with van der Waals surface area (Å²) in [5.41, 5.74) is 9.05. The number of carbonyl (C=O) groups excluding carboxylic acids is 5. The molecule has 5 amide bonds. The van der Waals surface area contributed by atoms with E-state index in [0.29, 0.717) is 51.0 Å². The number of hydrogen-bond acceptors (Lipinski definition) is 13. The van der Waals surface area contributed by atoms with Gasteiger partial charge in [-0.05, 0) is 131 Å². The minimum atomic E-state index is -1.35. The maximum atomic E-state index is 13.7. The number of benzene rings is 3. The summed E-state index contributed by atoms with van der Waals surface area (Å²) in [5, 5.41) is 9.72. The molecule has 0 bridgehead atoms. The van der Waals surface area contributed by atoms with Crippen molar-refractivity contribution in [3.8, 4) is 17.0 Å². The average molecular weight is 996 g/mol. The van der Waals surface area contributed by atoms with Gasteiger partial charge in [-0.3, -0.25) is 29.3 Å². The van der Waals surface area contributed by atoms with Crippen molar-refractivity contribution in [1.82, 2.24) is 39.8 Å². The molecule has 382 valence electrons. The summed E-state index contributed by atoms with van der Waals surface area (Å²) < 4.78 is 26.7. The van der Waals surface area contributed by atoms with Crippen molar-refractivity contribution in [3.63, 3.8) is 0 Å².